The summed E-state index contributed by atoms with van der Waals surface area (Å²) in [5, 5.41) is 0. The van der Waals surface area contributed by atoms with Crippen molar-refractivity contribution in [1.29, 1.82) is 0 Å². The largest absolute Gasteiger partial charge is 0.306 e. The van der Waals surface area contributed by atoms with Crippen LogP contribution in [0.4, 0.5) is 0 Å². The van der Waals surface area contributed by atoms with Crippen molar-refractivity contribution in [2.24, 2.45) is 11.8 Å². The van der Waals surface area contributed by atoms with Gasteiger partial charge in [0.05, 0.1) is 0 Å². The van der Waals surface area contributed by atoms with Crippen LogP contribution in [0.15, 0.2) is 0 Å². The van der Waals surface area contributed by atoms with E-state index in [0.717, 1.165) is 17.9 Å². The van der Waals surface area contributed by atoms with Crippen LogP contribution in [0.2, 0.25) is 0 Å². The smallest absolute Gasteiger partial charge is 0.00955 e. The van der Waals surface area contributed by atoms with Crippen LogP contribution < -0.4 is 0 Å². The van der Waals surface area contributed by atoms with Gasteiger partial charge in [-0.1, -0.05) is 6.42 Å². The molecule has 3 rings (SSSR count). The molecular weight excluding hydrogens is 160 g/mol. The maximum absolute atomic E-state index is 2.77. The fourth-order valence-electron chi connectivity index (χ4n) is 3.31. The Labute approximate surface area is 80.9 Å². The highest BCUT2D eigenvalue weighted by Gasteiger charge is 2.41. The SMILES string of the molecule is CN1C[C@@H]2CN(C3CCC3)C[C@@H]2C1. The van der Waals surface area contributed by atoms with E-state index in [-0.39, 0.29) is 0 Å². The summed E-state index contributed by atoms with van der Waals surface area (Å²) in [6, 6.07) is 0.982. The summed E-state index contributed by atoms with van der Waals surface area (Å²) in [4.78, 5) is 5.28. The van der Waals surface area contributed by atoms with E-state index in [9.17, 15) is 0 Å². The normalized spacial score (nSPS) is 42.2. The maximum Gasteiger partial charge on any atom is 0.00955 e. The van der Waals surface area contributed by atoms with E-state index >= 15 is 0 Å². The molecule has 13 heavy (non-hydrogen) atoms. The van der Waals surface area contributed by atoms with Crippen LogP contribution in [0.25, 0.3) is 0 Å². The molecule has 3 fully saturated rings. The van der Waals surface area contributed by atoms with Crippen molar-refractivity contribution in [3.05, 3.63) is 0 Å². The Morgan fingerprint density at radius 2 is 1.54 bits per heavy atom. The van der Waals surface area contributed by atoms with Crippen LogP contribution >= 0.6 is 0 Å². The lowest BCUT2D eigenvalue weighted by molar-refractivity contribution is 0.141. The summed E-state index contributed by atoms with van der Waals surface area (Å²) >= 11 is 0. The van der Waals surface area contributed by atoms with Gasteiger partial charge in [-0.15, -0.1) is 0 Å². The van der Waals surface area contributed by atoms with Crippen molar-refractivity contribution in [1.82, 2.24) is 9.80 Å². The van der Waals surface area contributed by atoms with Gasteiger partial charge in [0.1, 0.15) is 0 Å². The van der Waals surface area contributed by atoms with Crippen LogP contribution in [0.3, 0.4) is 0 Å². The lowest BCUT2D eigenvalue weighted by Gasteiger charge is -2.35. The minimum Gasteiger partial charge on any atom is -0.306 e. The molecule has 0 amide bonds. The standard InChI is InChI=1S/C11H20N2/c1-12-5-9-7-13(8-10(9)6-12)11-3-2-4-11/h9-11H,2-8H2,1H3/t9-,10+. The summed E-state index contributed by atoms with van der Waals surface area (Å²) in [5.41, 5.74) is 0. The molecule has 2 heteroatoms. The van der Waals surface area contributed by atoms with Gasteiger partial charge in [0.2, 0.25) is 0 Å². The summed E-state index contributed by atoms with van der Waals surface area (Å²) in [6.07, 6.45) is 4.45. The van der Waals surface area contributed by atoms with E-state index in [1.165, 1.54) is 45.4 Å². The lowest BCUT2D eigenvalue weighted by atomic mass is 9.92. The molecule has 2 nitrogen and oxygen atoms in total. The molecular formula is C11H20N2. The highest BCUT2D eigenvalue weighted by molar-refractivity contribution is 4.95. The van der Waals surface area contributed by atoms with Gasteiger partial charge >= 0.3 is 0 Å². The summed E-state index contributed by atoms with van der Waals surface area (Å²) < 4.78 is 0. The first-order valence-electron chi connectivity index (χ1n) is 5.75. The van der Waals surface area contributed by atoms with Gasteiger partial charge in [0.15, 0.2) is 0 Å². The van der Waals surface area contributed by atoms with Crippen LogP contribution in [-0.2, 0) is 0 Å². The number of hydrogen-bond donors (Lipinski definition) is 0. The molecule has 0 aromatic rings. The summed E-state index contributed by atoms with van der Waals surface area (Å²) in [7, 11) is 2.27. The second kappa shape index (κ2) is 2.96. The van der Waals surface area contributed by atoms with E-state index in [1.807, 2.05) is 0 Å². The van der Waals surface area contributed by atoms with Gasteiger partial charge in [-0.3, -0.25) is 4.90 Å². The Balaban J connectivity index is 1.61. The third-order valence-electron chi connectivity index (χ3n) is 4.29. The molecule has 1 saturated carbocycles. The molecule has 0 N–H and O–H groups in total. The van der Waals surface area contributed by atoms with Crippen LogP contribution in [0, 0.1) is 11.8 Å². The van der Waals surface area contributed by atoms with Crippen LogP contribution in [-0.4, -0.2) is 49.1 Å². The Morgan fingerprint density at radius 1 is 0.923 bits per heavy atom. The predicted molar refractivity (Wildman–Crippen MR) is 53.7 cm³/mol. The zero-order valence-electron chi connectivity index (χ0n) is 8.58. The molecule has 0 unspecified atom stereocenters. The average molecular weight is 180 g/mol. The number of nitrogens with zero attached hydrogens (tertiary/aromatic N) is 2. The van der Waals surface area contributed by atoms with E-state index < -0.39 is 0 Å². The zero-order valence-corrected chi connectivity index (χ0v) is 8.58. The molecule has 2 heterocycles. The predicted octanol–water partition coefficient (Wildman–Crippen LogP) is 1.03. The second-order valence-electron chi connectivity index (χ2n) is 5.28. The van der Waals surface area contributed by atoms with Crippen LogP contribution in [0.1, 0.15) is 19.3 Å². The van der Waals surface area contributed by atoms with Crippen molar-refractivity contribution in [2.45, 2.75) is 25.3 Å². The van der Waals surface area contributed by atoms with E-state index in [2.05, 4.69) is 16.8 Å². The zero-order chi connectivity index (χ0) is 8.84. The monoisotopic (exact) mass is 180 g/mol. The van der Waals surface area contributed by atoms with Gasteiger partial charge in [-0.2, -0.15) is 0 Å². The minimum atomic E-state index is 0.982. The lowest BCUT2D eigenvalue weighted by Crippen LogP contribution is -2.40. The van der Waals surface area contributed by atoms with Crippen molar-refractivity contribution < 1.29 is 0 Å². The fourth-order valence-corrected chi connectivity index (χ4v) is 3.31. The molecule has 74 valence electrons. The highest BCUT2D eigenvalue weighted by Crippen LogP contribution is 2.35. The summed E-state index contributed by atoms with van der Waals surface area (Å²) in [5.74, 6) is 2.01. The van der Waals surface area contributed by atoms with E-state index in [1.54, 1.807) is 0 Å². The van der Waals surface area contributed by atoms with Gasteiger partial charge in [0.25, 0.3) is 0 Å². The first-order valence-corrected chi connectivity index (χ1v) is 5.75. The van der Waals surface area contributed by atoms with Gasteiger partial charge < -0.3 is 4.90 Å². The van der Waals surface area contributed by atoms with Gasteiger partial charge in [-0.05, 0) is 31.7 Å². The maximum atomic E-state index is 2.77. The molecule has 3 aliphatic rings. The number of fused-ring (bicyclic) bond motifs is 1. The third kappa shape index (κ3) is 1.31. The first kappa shape index (κ1) is 8.25. The molecule has 0 aromatic carbocycles. The first-order chi connectivity index (χ1) is 6.33. The molecule has 0 radical (unpaired) electrons. The Hall–Kier alpha value is -0.0800. The molecule has 2 aliphatic heterocycles. The fraction of sp³-hybridized carbons (Fsp3) is 1.00. The molecule has 0 spiro atoms. The average Bonchev–Trinajstić information content (AvgIpc) is 2.39. The second-order valence-corrected chi connectivity index (χ2v) is 5.28. The van der Waals surface area contributed by atoms with E-state index in [4.69, 9.17) is 0 Å². The van der Waals surface area contributed by atoms with Crippen molar-refractivity contribution in [2.75, 3.05) is 33.2 Å². The summed E-state index contributed by atoms with van der Waals surface area (Å²) in [6.45, 7) is 5.52. The topological polar surface area (TPSA) is 6.48 Å². The number of rotatable bonds is 1. The molecule has 1 aliphatic carbocycles. The molecule has 0 aromatic heterocycles. The third-order valence-corrected chi connectivity index (χ3v) is 4.29. The van der Waals surface area contributed by atoms with Gasteiger partial charge in [-0.25, -0.2) is 0 Å². The number of likely N-dealkylation sites (tertiary alicyclic amines) is 2. The van der Waals surface area contributed by atoms with Crippen molar-refractivity contribution in [3.8, 4) is 0 Å². The Morgan fingerprint density at radius 3 is 2.00 bits per heavy atom. The van der Waals surface area contributed by atoms with Crippen LogP contribution in [0.5, 0.6) is 0 Å². The molecule has 0 bridgehead atoms. The highest BCUT2D eigenvalue weighted by atomic mass is 15.2. The molecule has 2 saturated heterocycles. The minimum absolute atomic E-state index is 0.982. The number of hydrogen-bond acceptors (Lipinski definition) is 2. The van der Waals surface area contributed by atoms with Crippen molar-refractivity contribution >= 4 is 0 Å². The van der Waals surface area contributed by atoms with E-state index in [0.29, 0.717) is 0 Å². The quantitative estimate of drug-likeness (QED) is 0.595. The Kier molecular flexibility index (Phi) is 1.88. The Bertz CT molecular complexity index is 186. The van der Waals surface area contributed by atoms with Crippen molar-refractivity contribution in [3.63, 3.8) is 0 Å². The van der Waals surface area contributed by atoms with Gasteiger partial charge in [0, 0.05) is 32.2 Å². The molecule has 2 atom stereocenters.